The molecule has 0 aliphatic heterocycles. The fourth-order valence-corrected chi connectivity index (χ4v) is 1.99. The van der Waals surface area contributed by atoms with Crippen molar-refractivity contribution in [3.05, 3.63) is 36.5 Å². The first-order valence-electron chi connectivity index (χ1n) is 6.21. The molecular weight excluding hydrogens is 180 g/mol. The predicted molar refractivity (Wildman–Crippen MR) is 68.8 cm³/mol. The maximum Gasteiger partial charge on any atom is -0.0259 e. The topological polar surface area (TPSA) is 0 Å². The normalized spacial score (nSPS) is 33.9. The van der Waals surface area contributed by atoms with Gasteiger partial charge in [0.05, 0.1) is 0 Å². The summed E-state index contributed by atoms with van der Waals surface area (Å²) < 4.78 is 0. The molecule has 15 heavy (non-hydrogen) atoms. The van der Waals surface area contributed by atoms with Crippen LogP contribution in [0, 0.1) is 11.8 Å². The third-order valence-corrected chi connectivity index (χ3v) is 3.19. The molecule has 1 rings (SSSR count). The summed E-state index contributed by atoms with van der Waals surface area (Å²) >= 11 is 0. The van der Waals surface area contributed by atoms with E-state index in [1.165, 1.54) is 31.3 Å². The van der Waals surface area contributed by atoms with E-state index in [4.69, 9.17) is 0 Å². The Labute approximate surface area is 94.8 Å². The molecular formula is C15H24. The number of rotatable bonds is 0. The average molecular weight is 204 g/mol. The van der Waals surface area contributed by atoms with Crippen LogP contribution in [0.1, 0.15) is 46.0 Å². The molecule has 1 aliphatic carbocycles. The molecule has 0 aromatic rings. The van der Waals surface area contributed by atoms with Crippen LogP contribution in [-0.4, -0.2) is 0 Å². The van der Waals surface area contributed by atoms with Gasteiger partial charge in [-0.25, -0.2) is 0 Å². The van der Waals surface area contributed by atoms with Crippen LogP contribution >= 0.6 is 0 Å². The molecule has 0 radical (unpaired) electrons. The van der Waals surface area contributed by atoms with Gasteiger partial charge in [0.25, 0.3) is 0 Å². The summed E-state index contributed by atoms with van der Waals surface area (Å²) in [6.07, 6.45) is 15.2. The number of allylic oxidation sites excluding steroid dienone is 5. The Hall–Kier alpha value is -0.780. The van der Waals surface area contributed by atoms with Crippen molar-refractivity contribution >= 4 is 0 Å². The monoisotopic (exact) mass is 204 g/mol. The lowest BCUT2D eigenvalue weighted by atomic mass is 9.92. The van der Waals surface area contributed by atoms with E-state index in [0.29, 0.717) is 5.92 Å². The van der Waals surface area contributed by atoms with Gasteiger partial charge in [-0.1, -0.05) is 63.1 Å². The van der Waals surface area contributed by atoms with Crippen molar-refractivity contribution < 1.29 is 0 Å². The van der Waals surface area contributed by atoms with Crippen LogP contribution < -0.4 is 0 Å². The van der Waals surface area contributed by atoms with Crippen LogP contribution in [0.15, 0.2) is 36.5 Å². The zero-order valence-corrected chi connectivity index (χ0v) is 10.2. The molecule has 0 N–H and O–H groups in total. The zero-order valence-electron chi connectivity index (χ0n) is 10.2. The maximum atomic E-state index is 4.07. The molecule has 0 nitrogen and oxygen atoms in total. The fraction of sp³-hybridized carbons (Fsp3) is 0.600. The Morgan fingerprint density at radius 1 is 1.13 bits per heavy atom. The van der Waals surface area contributed by atoms with E-state index >= 15 is 0 Å². The highest BCUT2D eigenvalue weighted by molar-refractivity contribution is 5.19. The predicted octanol–water partition coefficient (Wildman–Crippen LogP) is 4.89. The van der Waals surface area contributed by atoms with Gasteiger partial charge in [-0.3, -0.25) is 0 Å². The minimum absolute atomic E-state index is 0.713. The molecule has 1 unspecified atom stereocenters. The van der Waals surface area contributed by atoms with E-state index < -0.39 is 0 Å². The molecule has 0 amide bonds. The van der Waals surface area contributed by atoms with E-state index in [9.17, 15) is 0 Å². The quantitative estimate of drug-likeness (QED) is 0.527. The number of hydrogen-bond acceptors (Lipinski definition) is 0. The van der Waals surface area contributed by atoms with Crippen molar-refractivity contribution in [1.82, 2.24) is 0 Å². The van der Waals surface area contributed by atoms with Crippen LogP contribution in [0.2, 0.25) is 0 Å². The molecule has 84 valence electrons. The van der Waals surface area contributed by atoms with Crippen molar-refractivity contribution in [3.63, 3.8) is 0 Å². The van der Waals surface area contributed by atoms with Gasteiger partial charge < -0.3 is 0 Å². The highest BCUT2D eigenvalue weighted by Crippen LogP contribution is 2.20. The van der Waals surface area contributed by atoms with E-state index in [2.05, 4.69) is 44.7 Å². The summed E-state index contributed by atoms with van der Waals surface area (Å²) in [5.74, 6) is 1.59. The molecule has 1 aliphatic rings. The molecule has 0 heteroatoms. The minimum Gasteiger partial charge on any atom is -0.0958 e. The Balaban J connectivity index is 2.55. The second-order valence-electron chi connectivity index (χ2n) is 4.95. The molecule has 0 aromatic carbocycles. The van der Waals surface area contributed by atoms with Gasteiger partial charge >= 0.3 is 0 Å². The van der Waals surface area contributed by atoms with Crippen LogP contribution in [0.5, 0.6) is 0 Å². The van der Waals surface area contributed by atoms with Crippen LogP contribution in [0.3, 0.4) is 0 Å². The standard InChI is InChI=1S/C15H24/c1-13-7-4-5-8-14(2)11-12-15(3)10-6-9-13/h4-5,7-8,14-15H,1,6,9-12H2,2-3H3/b7-4-,8-5-/t14?,15-/m1/s1. The van der Waals surface area contributed by atoms with Gasteiger partial charge in [0.2, 0.25) is 0 Å². The smallest absolute Gasteiger partial charge is 0.0259 e. The number of hydrogen-bond donors (Lipinski definition) is 0. The van der Waals surface area contributed by atoms with Crippen molar-refractivity contribution in [2.75, 3.05) is 0 Å². The summed E-state index contributed by atoms with van der Waals surface area (Å²) in [5.41, 5.74) is 1.26. The van der Waals surface area contributed by atoms with Gasteiger partial charge in [0.1, 0.15) is 0 Å². The molecule has 0 aromatic heterocycles. The Morgan fingerprint density at radius 2 is 1.93 bits per heavy atom. The van der Waals surface area contributed by atoms with E-state index in [-0.39, 0.29) is 0 Å². The third kappa shape index (κ3) is 5.61. The van der Waals surface area contributed by atoms with Crippen molar-refractivity contribution in [2.24, 2.45) is 11.8 Å². The highest BCUT2D eigenvalue weighted by Gasteiger charge is 2.05. The maximum absolute atomic E-state index is 4.07. The second-order valence-corrected chi connectivity index (χ2v) is 4.95. The van der Waals surface area contributed by atoms with Crippen LogP contribution in [-0.2, 0) is 0 Å². The van der Waals surface area contributed by atoms with Gasteiger partial charge in [-0.05, 0) is 31.1 Å². The molecule has 0 saturated carbocycles. The van der Waals surface area contributed by atoms with Crippen LogP contribution in [0.25, 0.3) is 0 Å². The lowest BCUT2D eigenvalue weighted by Crippen LogP contribution is -1.99. The lowest BCUT2D eigenvalue weighted by molar-refractivity contribution is 0.433. The van der Waals surface area contributed by atoms with Crippen molar-refractivity contribution in [2.45, 2.75) is 46.0 Å². The molecule has 0 fully saturated rings. The minimum atomic E-state index is 0.713. The van der Waals surface area contributed by atoms with Crippen molar-refractivity contribution in [1.29, 1.82) is 0 Å². The van der Waals surface area contributed by atoms with Gasteiger partial charge in [0, 0.05) is 0 Å². The van der Waals surface area contributed by atoms with E-state index in [1.54, 1.807) is 0 Å². The molecule has 0 heterocycles. The Bertz CT molecular complexity index is 245. The van der Waals surface area contributed by atoms with Gasteiger partial charge in [0.15, 0.2) is 0 Å². The Morgan fingerprint density at radius 3 is 2.73 bits per heavy atom. The zero-order chi connectivity index (χ0) is 11.1. The Kier molecular flexibility index (Phi) is 5.45. The van der Waals surface area contributed by atoms with Crippen LogP contribution in [0.4, 0.5) is 0 Å². The molecule has 0 saturated heterocycles. The van der Waals surface area contributed by atoms with E-state index in [0.717, 1.165) is 12.3 Å². The molecule has 2 atom stereocenters. The second kappa shape index (κ2) is 6.66. The highest BCUT2D eigenvalue weighted by atomic mass is 14.1. The largest absolute Gasteiger partial charge is 0.0958 e. The van der Waals surface area contributed by atoms with E-state index in [1.807, 2.05) is 0 Å². The summed E-state index contributed by atoms with van der Waals surface area (Å²) in [6.45, 7) is 8.74. The first-order valence-corrected chi connectivity index (χ1v) is 6.21. The third-order valence-electron chi connectivity index (χ3n) is 3.19. The van der Waals surface area contributed by atoms with Crippen molar-refractivity contribution in [3.8, 4) is 0 Å². The fourth-order valence-electron chi connectivity index (χ4n) is 1.99. The SMILES string of the molecule is C=C1/C=C\C=C/C(C)CC[C@H](C)CCC1. The summed E-state index contributed by atoms with van der Waals surface area (Å²) in [4.78, 5) is 0. The average Bonchev–Trinajstić information content (AvgIpc) is 2.20. The molecule has 0 spiro atoms. The molecule has 0 bridgehead atoms. The van der Waals surface area contributed by atoms with Gasteiger partial charge in [-0.15, -0.1) is 0 Å². The summed E-state index contributed by atoms with van der Waals surface area (Å²) in [6, 6.07) is 0. The first kappa shape index (κ1) is 12.3. The first-order chi connectivity index (χ1) is 7.18. The van der Waals surface area contributed by atoms with Gasteiger partial charge in [-0.2, -0.15) is 0 Å². The summed E-state index contributed by atoms with van der Waals surface area (Å²) in [5, 5.41) is 0. The lowest BCUT2D eigenvalue weighted by Gasteiger charge is -2.13. The summed E-state index contributed by atoms with van der Waals surface area (Å²) in [7, 11) is 0.